The third-order valence-electron chi connectivity index (χ3n) is 1.51. The van der Waals surface area contributed by atoms with E-state index in [2.05, 4.69) is 4.98 Å². The van der Waals surface area contributed by atoms with E-state index < -0.39 is 0 Å². The van der Waals surface area contributed by atoms with Crippen molar-refractivity contribution >= 4 is 0 Å². The Morgan fingerprint density at radius 1 is 1.55 bits per heavy atom. The third-order valence-corrected chi connectivity index (χ3v) is 1.51. The Labute approximate surface area is 64.0 Å². The summed E-state index contributed by atoms with van der Waals surface area (Å²) in [4.78, 5) is 3.86. The van der Waals surface area contributed by atoms with E-state index in [1.54, 1.807) is 0 Å². The van der Waals surface area contributed by atoms with E-state index in [0.717, 1.165) is 12.8 Å². The van der Waals surface area contributed by atoms with Gasteiger partial charge in [0.05, 0.1) is 0 Å². The van der Waals surface area contributed by atoms with Crippen molar-refractivity contribution in [3.05, 3.63) is 24.1 Å². The second-order valence-corrected chi connectivity index (χ2v) is 2.63. The van der Waals surface area contributed by atoms with Gasteiger partial charge < -0.3 is 4.74 Å². The highest BCUT2D eigenvalue weighted by molar-refractivity contribution is 5.12. The summed E-state index contributed by atoms with van der Waals surface area (Å²) >= 11 is 0. The lowest BCUT2D eigenvalue weighted by molar-refractivity contribution is 0.289. The zero-order valence-electron chi connectivity index (χ0n) is 5.96. The van der Waals surface area contributed by atoms with E-state index in [-0.39, 0.29) is 11.9 Å². The maximum Gasteiger partial charge on any atom is 0.216 e. The first kappa shape index (κ1) is 6.58. The number of aromatic nitrogens is 1. The van der Waals surface area contributed by atoms with Crippen LogP contribution < -0.4 is 4.74 Å². The summed E-state index contributed by atoms with van der Waals surface area (Å²) in [5, 5.41) is 0. The minimum absolute atomic E-state index is 0.282. The molecule has 11 heavy (non-hydrogen) atoms. The number of halogens is 1. The smallest absolute Gasteiger partial charge is 0.216 e. The first-order valence-electron chi connectivity index (χ1n) is 3.63. The van der Waals surface area contributed by atoms with Crippen LogP contribution in [-0.4, -0.2) is 11.1 Å². The fourth-order valence-corrected chi connectivity index (χ4v) is 0.806. The average Bonchev–Trinajstić information content (AvgIpc) is 2.71. The van der Waals surface area contributed by atoms with E-state index >= 15 is 0 Å². The van der Waals surface area contributed by atoms with Crippen molar-refractivity contribution in [2.45, 2.75) is 18.9 Å². The fraction of sp³-hybridized carbons (Fsp3) is 0.375. The van der Waals surface area contributed by atoms with Crippen LogP contribution in [0.1, 0.15) is 12.8 Å². The maximum atomic E-state index is 12.5. The number of ether oxygens (including phenoxy) is 1. The minimum atomic E-state index is -0.296. The lowest BCUT2D eigenvalue weighted by Gasteiger charge is -2.00. The summed E-state index contributed by atoms with van der Waals surface area (Å²) in [5.41, 5.74) is 0. The predicted octanol–water partition coefficient (Wildman–Crippen LogP) is 1.76. The number of rotatable bonds is 2. The molecular formula is C8H8FNO. The number of nitrogens with zero attached hydrogens (tertiary/aromatic N) is 1. The molecule has 0 bridgehead atoms. The molecule has 1 aromatic rings. The van der Waals surface area contributed by atoms with Crippen molar-refractivity contribution in [2.24, 2.45) is 0 Å². The Bertz CT molecular complexity index is 260. The normalized spacial score (nSPS) is 16.5. The van der Waals surface area contributed by atoms with Gasteiger partial charge in [-0.1, -0.05) is 0 Å². The van der Waals surface area contributed by atoms with Gasteiger partial charge in [-0.3, -0.25) is 0 Å². The molecule has 0 aromatic carbocycles. The molecule has 0 unspecified atom stereocenters. The summed E-state index contributed by atoms with van der Waals surface area (Å²) in [6.45, 7) is 0. The third kappa shape index (κ3) is 1.67. The Balaban J connectivity index is 2.10. The molecule has 1 aliphatic carbocycles. The van der Waals surface area contributed by atoms with E-state index in [0.29, 0.717) is 5.88 Å². The van der Waals surface area contributed by atoms with Crippen molar-refractivity contribution in [1.82, 2.24) is 4.98 Å². The van der Waals surface area contributed by atoms with Gasteiger partial charge in [0, 0.05) is 12.3 Å². The van der Waals surface area contributed by atoms with Gasteiger partial charge in [-0.05, 0) is 18.9 Å². The molecule has 1 aromatic heterocycles. The summed E-state index contributed by atoms with van der Waals surface area (Å²) in [6.07, 6.45) is 3.83. The Morgan fingerprint density at radius 2 is 2.36 bits per heavy atom. The number of hydrogen-bond acceptors (Lipinski definition) is 2. The van der Waals surface area contributed by atoms with Crippen molar-refractivity contribution in [2.75, 3.05) is 0 Å². The summed E-state index contributed by atoms with van der Waals surface area (Å²) < 4.78 is 17.8. The van der Waals surface area contributed by atoms with E-state index in [1.807, 2.05) is 0 Å². The van der Waals surface area contributed by atoms with Gasteiger partial charge in [0.1, 0.15) is 11.9 Å². The summed E-state index contributed by atoms with van der Waals surface area (Å²) in [7, 11) is 0. The van der Waals surface area contributed by atoms with Gasteiger partial charge in [0.15, 0.2) is 0 Å². The maximum absolute atomic E-state index is 12.5. The molecule has 2 nitrogen and oxygen atoms in total. The van der Waals surface area contributed by atoms with Gasteiger partial charge in [0.25, 0.3) is 0 Å². The van der Waals surface area contributed by atoms with Gasteiger partial charge in [0.2, 0.25) is 5.88 Å². The second kappa shape index (κ2) is 2.49. The molecule has 1 aliphatic rings. The molecule has 2 rings (SSSR count). The predicted molar refractivity (Wildman–Crippen MR) is 37.8 cm³/mol. The van der Waals surface area contributed by atoms with Crippen LogP contribution in [0, 0.1) is 5.82 Å². The molecule has 1 heterocycles. The van der Waals surface area contributed by atoms with Crippen LogP contribution in [0.4, 0.5) is 4.39 Å². The fourth-order valence-electron chi connectivity index (χ4n) is 0.806. The van der Waals surface area contributed by atoms with Crippen LogP contribution in [0.5, 0.6) is 5.88 Å². The van der Waals surface area contributed by atoms with Gasteiger partial charge in [-0.25, -0.2) is 9.37 Å². The highest BCUT2D eigenvalue weighted by atomic mass is 19.1. The molecule has 0 N–H and O–H groups in total. The van der Waals surface area contributed by atoms with Crippen LogP contribution >= 0.6 is 0 Å². The summed E-state index contributed by atoms with van der Waals surface area (Å²) in [5.74, 6) is 0.100. The zero-order chi connectivity index (χ0) is 7.68. The second-order valence-electron chi connectivity index (χ2n) is 2.63. The van der Waals surface area contributed by atoms with E-state index in [1.165, 1.54) is 18.3 Å². The van der Waals surface area contributed by atoms with Gasteiger partial charge in [-0.15, -0.1) is 0 Å². The van der Waals surface area contributed by atoms with Crippen LogP contribution in [0.25, 0.3) is 0 Å². The van der Waals surface area contributed by atoms with Crippen molar-refractivity contribution < 1.29 is 9.13 Å². The molecule has 3 heteroatoms. The molecule has 58 valence electrons. The molecule has 1 saturated carbocycles. The zero-order valence-corrected chi connectivity index (χ0v) is 5.96. The van der Waals surface area contributed by atoms with Crippen LogP contribution in [-0.2, 0) is 0 Å². The molecular weight excluding hydrogens is 145 g/mol. The Kier molecular flexibility index (Phi) is 1.49. The van der Waals surface area contributed by atoms with E-state index in [4.69, 9.17) is 4.74 Å². The number of hydrogen-bond donors (Lipinski definition) is 0. The molecule has 0 aliphatic heterocycles. The molecule has 0 spiro atoms. The molecule has 0 radical (unpaired) electrons. The van der Waals surface area contributed by atoms with Crippen molar-refractivity contribution in [3.8, 4) is 5.88 Å². The first-order chi connectivity index (χ1) is 5.34. The standard InChI is InChI=1S/C8H8FNO/c9-6-3-4-10-8(5-6)11-7-1-2-7/h3-5,7H,1-2H2. The van der Waals surface area contributed by atoms with Crippen LogP contribution in [0.3, 0.4) is 0 Å². The van der Waals surface area contributed by atoms with Crippen LogP contribution in [0.2, 0.25) is 0 Å². The highest BCUT2D eigenvalue weighted by Crippen LogP contribution is 2.25. The monoisotopic (exact) mass is 153 g/mol. The quantitative estimate of drug-likeness (QED) is 0.645. The first-order valence-corrected chi connectivity index (χ1v) is 3.63. The SMILES string of the molecule is Fc1ccnc(OC2CC2)c1. The van der Waals surface area contributed by atoms with Crippen LogP contribution in [0.15, 0.2) is 18.3 Å². The van der Waals surface area contributed by atoms with Gasteiger partial charge in [-0.2, -0.15) is 0 Å². The largest absolute Gasteiger partial charge is 0.474 e. The van der Waals surface area contributed by atoms with Gasteiger partial charge >= 0.3 is 0 Å². The molecule has 0 saturated heterocycles. The highest BCUT2D eigenvalue weighted by Gasteiger charge is 2.23. The lowest BCUT2D eigenvalue weighted by Crippen LogP contribution is -1.97. The van der Waals surface area contributed by atoms with E-state index in [9.17, 15) is 4.39 Å². The number of pyridine rings is 1. The summed E-state index contributed by atoms with van der Waals surface area (Å²) in [6, 6.07) is 2.61. The average molecular weight is 153 g/mol. The minimum Gasteiger partial charge on any atom is -0.474 e. The van der Waals surface area contributed by atoms with Crippen molar-refractivity contribution in [3.63, 3.8) is 0 Å². The Hall–Kier alpha value is -1.12. The molecule has 0 atom stereocenters. The molecule has 0 amide bonds. The Morgan fingerprint density at radius 3 is 3.00 bits per heavy atom. The molecule has 1 fully saturated rings. The topological polar surface area (TPSA) is 22.1 Å². The lowest BCUT2D eigenvalue weighted by atomic mass is 10.5. The van der Waals surface area contributed by atoms with Crippen molar-refractivity contribution in [1.29, 1.82) is 0 Å².